The molecule has 1 atom stereocenters. The van der Waals surface area contributed by atoms with Gasteiger partial charge in [0, 0.05) is 36.6 Å². The van der Waals surface area contributed by atoms with Crippen LogP contribution in [0.15, 0.2) is 30.5 Å². The number of rotatable bonds is 5. The van der Waals surface area contributed by atoms with Crippen LogP contribution in [-0.4, -0.2) is 40.0 Å². The van der Waals surface area contributed by atoms with E-state index in [1.807, 2.05) is 35.4 Å². The van der Waals surface area contributed by atoms with Crippen molar-refractivity contribution in [3.63, 3.8) is 0 Å². The van der Waals surface area contributed by atoms with Crippen LogP contribution in [0, 0.1) is 5.92 Å². The molecule has 0 saturated carbocycles. The van der Waals surface area contributed by atoms with E-state index in [2.05, 4.69) is 4.98 Å². The van der Waals surface area contributed by atoms with Crippen molar-refractivity contribution >= 4 is 22.8 Å². The second-order valence-corrected chi connectivity index (χ2v) is 6.32. The van der Waals surface area contributed by atoms with E-state index >= 15 is 0 Å². The molecule has 3 rings (SSSR count). The number of nitrogens with zero attached hydrogens (tertiary/aromatic N) is 1. The molecule has 2 heterocycles. The first-order chi connectivity index (χ1) is 11.1. The second-order valence-electron chi connectivity index (χ2n) is 6.32. The maximum Gasteiger partial charge on any atom is 0.303 e. The van der Waals surface area contributed by atoms with Crippen LogP contribution in [0.5, 0.6) is 0 Å². The number of piperidine rings is 1. The van der Waals surface area contributed by atoms with E-state index in [9.17, 15) is 9.59 Å². The molecule has 23 heavy (non-hydrogen) atoms. The molecule has 1 aliphatic heterocycles. The number of aromatic nitrogens is 1. The molecule has 1 aromatic carbocycles. The molecule has 2 aromatic rings. The Morgan fingerprint density at radius 1 is 1.30 bits per heavy atom. The van der Waals surface area contributed by atoms with Crippen molar-refractivity contribution < 1.29 is 14.7 Å². The number of carboxylic acid groups (broad SMARTS) is 1. The smallest absolute Gasteiger partial charge is 0.303 e. The molecule has 122 valence electrons. The number of hydrogen-bond acceptors (Lipinski definition) is 2. The number of likely N-dealkylation sites (tertiary alicyclic amines) is 1. The fraction of sp³-hybridized carbons (Fsp3) is 0.444. The number of aromatic amines is 1. The minimum Gasteiger partial charge on any atom is -0.481 e. The van der Waals surface area contributed by atoms with Gasteiger partial charge in [-0.05, 0) is 36.8 Å². The van der Waals surface area contributed by atoms with Gasteiger partial charge in [-0.15, -0.1) is 0 Å². The summed E-state index contributed by atoms with van der Waals surface area (Å²) >= 11 is 0. The number of aliphatic carboxylic acids is 1. The summed E-state index contributed by atoms with van der Waals surface area (Å²) in [5, 5.41) is 9.90. The van der Waals surface area contributed by atoms with Crippen LogP contribution in [0.1, 0.15) is 31.2 Å². The van der Waals surface area contributed by atoms with Gasteiger partial charge in [0.15, 0.2) is 0 Å². The van der Waals surface area contributed by atoms with Gasteiger partial charge in [0.05, 0.1) is 6.42 Å². The number of benzene rings is 1. The molecule has 0 spiro atoms. The molecule has 1 amide bonds. The quantitative estimate of drug-likeness (QED) is 0.891. The van der Waals surface area contributed by atoms with Crippen LogP contribution in [-0.2, 0) is 16.0 Å². The topological polar surface area (TPSA) is 73.4 Å². The first-order valence-electron chi connectivity index (χ1n) is 8.18. The maximum atomic E-state index is 12.6. The monoisotopic (exact) mass is 314 g/mol. The highest BCUT2D eigenvalue weighted by Gasteiger charge is 2.24. The molecule has 5 heteroatoms. The molecular formula is C18H22N2O3. The average Bonchev–Trinajstić information content (AvgIpc) is 2.96. The van der Waals surface area contributed by atoms with Crippen molar-refractivity contribution in [2.45, 2.75) is 32.1 Å². The lowest BCUT2D eigenvalue weighted by molar-refractivity contribution is -0.137. The summed E-state index contributed by atoms with van der Waals surface area (Å²) in [5.74, 6) is -0.311. The molecule has 0 bridgehead atoms. The summed E-state index contributed by atoms with van der Waals surface area (Å²) < 4.78 is 0. The molecule has 1 aromatic heterocycles. The number of H-pyrrole nitrogens is 1. The number of carbonyl (C=O) groups is 2. The fourth-order valence-electron chi connectivity index (χ4n) is 3.41. The van der Waals surface area contributed by atoms with E-state index in [1.54, 1.807) is 0 Å². The van der Waals surface area contributed by atoms with Crippen LogP contribution >= 0.6 is 0 Å². The van der Waals surface area contributed by atoms with Crippen LogP contribution < -0.4 is 0 Å². The van der Waals surface area contributed by atoms with Gasteiger partial charge >= 0.3 is 5.97 Å². The van der Waals surface area contributed by atoms with Crippen molar-refractivity contribution in [3.8, 4) is 0 Å². The minimum absolute atomic E-state index is 0.134. The lowest BCUT2D eigenvalue weighted by Crippen LogP contribution is -2.40. The normalized spacial score (nSPS) is 18.3. The second kappa shape index (κ2) is 6.86. The number of carboxylic acids is 1. The zero-order valence-corrected chi connectivity index (χ0v) is 13.1. The summed E-state index contributed by atoms with van der Waals surface area (Å²) in [5.41, 5.74) is 2.08. The van der Waals surface area contributed by atoms with E-state index in [0.29, 0.717) is 25.3 Å². The predicted molar refractivity (Wildman–Crippen MR) is 88.2 cm³/mol. The lowest BCUT2D eigenvalue weighted by atomic mass is 9.93. The van der Waals surface area contributed by atoms with Gasteiger partial charge in [0.1, 0.15) is 0 Å². The molecule has 1 saturated heterocycles. The van der Waals surface area contributed by atoms with Gasteiger partial charge in [-0.25, -0.2) is 0 Å². The third kappa shape index (κ3) is 3.73. The SMILES string of the molecule is O=C(O)CCC1CCCN(C(=O)Cc2c[nH]c3ccccc23)C1. The van der Waals surface area contributed by atoms with Crippen LogP contribution in [0.4, 0.5) is 0 Å². The predicted octanol–water partition coefficient (Wildman–Crippen LogP) is 2.81. The molecule has 0 aliphatic carbocycles. The van der Waals surface area contributed by atoms with Gasteiger partial charge in [0.25, 0.3) is 0 Å². The number of amides is 1. The zero-order valence-electron chi connectivity index (χ0n) is 13.1. The van der Waals surface area contributed by atoms with Gasteiger partial charge in [-0.2, -0.15) is 0 Å². The Kier molecular flexibility index (Phi) is 4.65. The molecule has 1 fully saturated rings. The highest BCUT2D eigenvalue weighted by atomic mass is 16.4. The Balaban J connectivity index is 1.62. The highest BCUT2D eigenvalue weighted by Crippen LogP contribution is 2.23. The Morgan fingerprint density at radius 2 is 2.13 bits per heavy atom. The number of nitrogens with one attached hydrogen (secondary N) is 1. The zero-order chi connectivity index (χ0) is 16.2. The third-order valence-electron chi connectivity index (χ3n) is 4.65. The number of hydrogen-bond donors (Lipinski definition) is 2. The summed E-state index contributed by atoms with van der Waals surface area (Å²) in [6, 6.07) is 7.99. The van der Waals surface area contributed by atoms with E-state index in [1.165, 1.54) is 0 Å². The van der Waals surface area contributed by atoms with E-state index in [4.69, 9.17) is 5.11 Å². The number of fused-ring (bicyclic) bond motifs is 1. The van der Waals surface area contributed by atoms with E-state index in [0.717, 1.165) is 35.9 Å². The summed E-state index contributed by atoms with van der Waals surface area (Å²) in [4.78, 5) is 28.4. The van der Waals surface area contributed by atoms with Crippen molar-refractivity contribution in [2.75, 3.05) is 13.1 Å². The van der Waals surface area contributed by atoms with E-state index in [-0.39, 0.29) is 12.3 Å². The largest absolute Gasteiger partial charge is 0.481 e. The van der Waals surface area contributed by atoms with Crippen molar-refractivity contribution in [1.29, 1.82) is 0 Å². The van der Waals surface area contributed by atoms with Crippen LogP contribution in [0.2, 0.25) is 0 Å². The first-order valence-corrected chi connectivity index (χ1v) is 8.18. The molecule has 5 nitrogen and oxygen atoms in total. The standard InChI is InChI=1S/C18H22N2O3/c21-17(10-14-11-19-16-6-2-1-5-15(14)16)20-9-3-4-13(12-20)7-8-18(22)23/h1-2,5-6,11,13,19H,3-4,7-10,12H2,(H,22,23). The van der Waals surface area contributed by atoms with Crippen LogP contribution in [0.25, 0.3) is 10.9 Å². The Bertz CT molecular complexity index is 707. The molecule has 0 radical (unpaired) electrons. The third-order valence-corrected chi connectivity index (χ3v) is 4.65. The summed E-state index contributed by atoms with van der Waals surface area (Å²) in [6.07, 6.45) is 5.14. The van der Waals surface area contributed by atoms with Crippen molar-refractivity contribution in [1.82, 2.24) is 9.88 Å². The Morgan fingerprint density at radius 3 is 2.96 bits per heavy atom. The summed E-state index contributed by atoms with van der Waals surface area (Å²) in [7, 11) is 0. The van der Waals surface area contributed by atoms with E-state index < -0.39 is 5.97 Å². The number of carbonyl (C=O) groups excluding carboxylic acids is 1. The van der Waals surface area contributed by atoms with Crippen molar-refractivity contribution in [2.24, 2.45) is 5.92 Å². The van der Waals surface area contributed by atoms with Gasteiger partial charge < -0.3 is 15.0 Å². The molecular weight excluding hydrogens is 292 g/mol. The average molecular weight is 314 g/mol. The first kappa shape index (κ1) is 15.6. The van der Waals surface area contributed by atoms with Gasteiger partial charge in [-0.1, -0.05) is 18.2 Å². The summed E-state index contributed by atoms with van der Waals surface area (Å²) in [6.45, 7) is 1.47. The fourth-order valence-corrected chi connectivity index (χ4v) is 3.41. The molecule has 1 aliphatic rings. The molecule has 1 unspecified atom stereocenters. The maximum absolute atomic E-state index is 12.6. The van der Waals surface area contributed by atoms with Crippen LogP contribution in [0.3, 0.4) is 0 Å². The van der Waals surface area contributed by atoms with Crippen molar-refractivity contribution in [3.05, 3.63) is 36.0 Å². The van der Waals surface area contributed by atoms with Gasteiger partial charge in [0.2, 0.25) is 5.91 Å². The Hall–Kier alpha value is -2.30. The minimum atomic E-state index is -0.757. The Labute approximate surface area is 135 Å². The van der Waals surface area contributed by atoms with Gasteiger partial charge in [-0.3, -0.25) is 9.59 Å². The highest BCUT2D eigenvalue weighted by molar-refractivity contribution is 5.88. The molecule has 2 N–H and O–H groups in total. The lowest BCUT2D eigenvalue weighted by Gasteiger charge is -2.32. The number of para-hydroxylation sites is 1.